The molecule has 0 unspecified atom stereocenters. The topological polar surface area (TPSA) is 89.1 Å². The molecule has 0 saturated carbocycles. The Balaban J connectivity index is 1.61. The van der Waals surface area contributed by atoms with E-state index in [1.807, 2.05) is 38.4 Å². The molecule has 2 aliphatic rings. The molecule has 1 fully saturated rings. The lowest BCUT2D eigenvalue weighted by Gasteiger charge is -2.47. The minimum absolute atomic E-state index is 0.0218. The van der Waals surface area contributed by atoms with Gasteiger partial charge in [0.25, 0.3) is 0 Å². The van der Waals surface area contributed by atoms with Gasteiger partial charge >= 0.3 is 0 Å². The predicted molar refractivity (Wildman–Crippen MR) is 129 cm³/mol. The van der Waals surface area contributed by atoms with Crippen molar-refractivity contribution in [2.24, 2.45) is 0 Å². The van der Waals surface area contributed by atoms with Gasteiger partial charge in [0, 0.05) is 29.6 Å². The number of methoxy groups -OCH3 is 1. The molecule has 8 nitrogen and oxygen atoms in total. The fourth-order valence-corrected chi connectivity index (χ4v) is 5.29. The number of aromatic amines is 1. The number of phenols is 1. The molecule has 2 N–H and O–H groups in total. The van der Waals surface area contributed by atoms with Crippen LogP contribution in [0.2, 0.25) is 0 Å². The van der Waals surface area contributed by atoms with Gasteiger partial charge in [-0.2, -0.15) is 0 Å². The third-order valence-corrected chi connectivity index (χ3v) is 6.86. The van der Waals surface area contributed by atoms with Crippen LogP contribution in [0.4, 0.5) is 0 Å². The number of aromatic hydroxyl groups is 1. The van der Waals surface area contributed by atoms with Crippen molar-refractivity contribution in [3.63, 3.8) is 0 Å². The van der Waals surface area contributed by atoms with Crippen molar-refractivity contribution in [1.29, 1.82) is 0 Å². The van der Waals surface area contributed by atoms with Crippen LogP contribution < -0.4 is 4.74 Å². The van der Waals surface area contributed by atoms with Crippen LogP contribution in [0.5, 0.6) is 11.5 Å². The fourth-order valence-electron chi connectivity index (χ4n) is 5.29. The second kappa shape index (κ2) is 8.68. The second-order valence-corrected chi connectivity index (χ2v) is 9.36. The van der Waals surface area contributed by atoms with Gasteiger partial charge in [-0.25, -0.2) is 0 Å². The highest BCUT2D eigenvalue weighted by Crippen LogP contribution is 2.43. The Kier molecular flexibility index (Phi) is 5.69. The molecule has 1 saturated heterocycles. The zero-order chi connectivity index (χ0) is 24.0. The minimum Gasteiger partial charge on any atom is -0.508 e. The van der Waals surface area contributed by atoms with E-state index in [9.17, 15) is 14.7 Å². The van der Waals surface area contributed by atoms with E-state index in [0.29, 0.717) is 13.0 Å². The van der Waals surface area contributed by atoms with E-state index in [0.717, 1.165) is 46.4 Å². The first kappa shape index (κ1) is 22.3. The van der Waals surface area contributed by atoms with Crippen LogP contribution in [-0.4, -0.2) is 83.5 Å². The van der Waals surface area contributed by atoms with E-state index in [1.54, 1.807) is 35.1 Å². The molecule has 34 heavy (non-hydrogen) atoms. The van der Waals surface area contributed by atoms with Crippen LogP contribution in [0.15, 0.2) is 42.5 Å². The number of fused-ring (bicyclic) bond motifs is 4. The smallest absolute Gasteiger partial charge is 0.246 e. The SMILES string of the molecule is COc1ccc2[nH]c3c(c2c1)C[C@@H]1C(=O)N(CCCN(C)C)CC(=O)N1[C@@H]3c1cccc(O)c1. The van der Waals surface area contributed by atoms with Gasteiger partial charge in [0.15, 0.2) is 0 Å². The summed E-state index contributed by atoms with van der Waals surface area (Å²) in [7, 11) is 5.63. The Labute approximate surface area is 198 Å². The number of nitrogens with zero attached hydrogens (tertiary/aromatic N) is 3. The third kappa shape index (κ3) is 3.77. The number of piperazine rings is 1. The first-order valence-electron chi connectivity index (χ1n) is 11.6. The summed E-state index contributed by atoms with van der Waals surface area (Å²) in [4.78, 5) is 36.1. The summed E-state index contributed by atoms with van der Waals surface area (Å²) in [6.07, 6.45) is 1.25. The molecule has 0 bridgehead atoms. The van der Waals surface area contributed by atoms with Crippen LogP contribution in [0, 0.1) is 0 Å². The number of H-pyrrole nitrogens is 1. The molecule has 2 aromatic carbocycles. The number of amides is 2. The summed E-state index contributed by atoms with van der Waals surface area (Å²) in [6, 6.07) is 11.7. The highest BCUT2D eigenvalue weighted by atomic mass is 16.5. The Morgan fingerprint density at radius 3 is 2.74 bits per heavy atom. The van der Waals surface area contributed by atoms with Gasteiger partial charge < -0.3 is 29.5 Å². The largest absolute Gasteiger partial charge is 0.508 e. The van der Waals surface area contributed by atoms with Crippen molar-refractivity contribution in [1.82, 2.24) is 19.7 Å². The summed E-state index contributed by atoms with van der Waals surface area (Å²) in [5, 5.41) is 11.2. The van der Waals surface area contributed by atoms with Gasteiger partial charge in [0.2, 0.25) is 11.8 Å². The summed E-state index contributed by atoms with van der Waals surface area (Å²) >= 11 is 0. The maximum absolute atomic E-state index is 13.6. The maximum atomic E-state index is 13.6. The monoisotopic (exact) mass is 462 g/mol. The summed E-state index contributed by atoms with van der Waals surface area (Å²) in [5.74, 6) is 0.762. The lowest BCUT2D eigenvalue weighted by atomic mass is 9.86. The van der Waals surface area contributed by atoms with Crippen LogP contribution >= 0.6 is 0 Å². The quantitative estimate of drug-likeness (QED) is 0.588. The lowest BCUT2D eigenvalue weighted by molar-refractivity contribution is -0.158. The molecule has 8 heteroatoms. The van der Waals surface area contributed by atoms with Gasteiger partial charge in [-0.3, -0.25) is 9.59 Å². The highest BCUT2D eigenvalue weighted by molar-refractivity contribution is 5.97. The standard InChI is InChI=1S/C26H30N4O4/c1-28(2)10-5-11-29-15-23(32)30-22(26(29)33)14-20-19-13-18(34-3)8-9-21(19)27-24(20)25(30)16-6-4-7-17(31)12-16/h4,6-9,12-13,22,25,27,31H,5,10-11,14-15H2,1-3H3/t22-,25-/m1/s1. The molecule has 178 valence electrons. The summed E-state index contributed by atoms with van der Waals surface area (Å²) in [6.45, 7) is 1.48. The predicted octanol–water partition coefficient (Wildman–Crippen LogP) is 2.52. The van der Waals surface area contributed by atoms with Crippen molar-refractivity contribution in [3.05, 3.63) is 59.3 Å². The van der Waals surface area contributed by atoms with E-state index in [2.05, 4.69) is 9.88 Å². The number of hydrogen-bond donors (Lipinski definition) is 2. The zero-order valence-corrected chi connectivity index (χ0v) is 19.7. The van der Waals surface area contributed by atoms with Gasteiger partial charge in [-0.05, 0) is 68.5 Å². The molecule has 0 spiro atoms. The first-order valence-corrected chi connectivity index (χ1v) is 11.6. The average Bonchev–Trinajstić information content (AvgIpc) is 3.18. The van der Waals surface area contributed by atoms with Crippen molar-refractivity contribution < 1.29 is 19.4 Å². The number of ether oxygens (including phenoxy) is 1. The van der Waals surface area contributed by atoms with E-state index in [1.165, 1.54) is 0 Å². The van der Waals surface area contributed by atoms with Gasteiger partial charge in [0.1, 0.15) is 17.5 Å². The van der Waals surface area contributed by atoms with E-state index < -0.39 is 12.1 Å². The number of aromatic nitrogens is 1. The van der Waals surface area contributed by atoms with Gasteiger partial charge in [0.05, 0.1) is 19.7 Å². The van der Waals surface area contributed by atoms with E-state index in [4.69, 9.17) is 4.74 Å². The van der Waals surface area contributed by atoms with E-state index in [-0.39, 0.29) is 24.1 Å². The minimum atomic E-state index is -0.592. The Morgan fingerprint density at radius 1 is 1.18 bits per heavy atom. The van der Waals surface area contributed by atoms with Gasteiger partial charge in [-0.1, -0.05) is 12.1 Å². The molecule has 1 aromatic heterocycles. The maximum Gasteiger partial charge on any atom is 0.246 e. The molecule has 5 rings (SSSR count). The Morgan fingerprint density at radius 2 is 2.00 bits per heavy atom. The molecular formula is C26H30N4O4. The first-order chi connectivity index (χ1) is 16.4. The molecule has 2 aliphatic heterocycles. The van der Waals surface area contributed by atoms with Crippen molar-refractivity contribution in [2.75, 3.05) is 40.8 Å². The Bertz CT molecular complexity index is 1250. The molecule has 3 aromatic rings. The number of nitrogens with one attached hydrogen (secondary N) is 1. The molecule has 3 heterocycles. The number of carbonyl (C=O) groups is 2. The fraction of sp³-hybridized carbons (Fsp3) is 0.385. The zero-order valence-electron chi connectivity index (χ0n) is 19.7. The molecule has 2 atom stereocenters. The van der Waals surface area contributed by atoms with Crippen LogP contribution in [0.1, 0.15) is 29.3 Å². The summed E-state index contributed by atoms with van der Waals surface area (Å²) < 4.78 is 5.44. The average molecular weight is 463 g/mol. The van der Waals surface area contributed by atoms with Crippen molar-refractivity contribution >= 4 is 22.7 Å². The molecule has 0 aliphatic carbocycles. The molecule has 2 amide bonds. The normalized spacial score (nSPS) is 20.1. The van der Waals surface area contributed by atoms with Gasteiger partial charge in [-0.15, -0.1) is 0 Å². The van der Waals surface area contributed by atoms with Crippen LogP contribution in [0.25, 0.3) is 10.9 Å². The summed E-state index contributed by atoms with van der Waals surface area (Å²) in [5.41, 5.74) is 3.59. The number of phenolic OH excluding ortho intramolecular Hbond substituents is 1. The third-order valence-electron chi connectivity index (χ3n) is 6.86. The van der Waals surface area contributed by atoms with E-state index >= 15 is 0 Å². The van der Waals surface area contributed by atoms with Crippen LogP contribution in [-0.2, 0) is 16.0 Å². The van der Waals surface area contributed by atoms with Crippen LogP contribution in [0.3, 0.4) is 0 Å². The Hall–Kier alpha value is -3.52. The number of rotatable bonds is 6. The molecule has 0 radical (unpaired) electrons. The van der Waals surface area contributed by atoms with Crippen molar-refractivity contribution in [3.8, 4) is 11.5 Å². The van der Waals surface area contributed by atoms with Crippen molar-refractivity contribution in [2.45, 2.75) is 24.9 Å². The molecular weight excluding hydrogens is 432 g/mol. The number of carbonyl (C=O) groups excluding carboxylic acids is 2. The second-order valence-electron chi connectivity index (χ2n) is 9.36. The highest BCUT2D eigenvalue weighted by Gasteiger charge is 2.48. The lowest BCUT2D eigenvalue weighted by Crippen LogP contribution is -2.63. The number of benzene rings is 2. The number of hydrogen-bond acceptors (Lipinski definition) is 5.